The topological polar surface area (TPSA) is 54.3 Å². The molecule has 1 rings (SSSR count). The summed E-state index contributed by atoms with van der Waals surface area (Å²) in [7, 11) is 0.124. The maximum atomic E-state index is 12.5. The van der Waals surface area contributed by atoms with E-state index in [-0.39, 0.29) is 0 Å². The van der Waals surface area contributed by atoms with Crippen molar-refractivity contribution in [2.75, 3.05) is 32.6 Å². The molecular formula is C13H25N3O2S2. The Labute approximate surface area is 126 Å². The van der Waals surface area contributed by atoms with Gasteiger partial charge < -0.3 is 9.88 Å². The van der Waals surface area contributed by atoms with Crippen molar-refractivity contribution in [2.24, 2.45) is 0 Å². The van der Waals surface area contributed by atoms with Gasteiger partial charge >= 0.3 is 0 Å². The van der Waals surface area contributed by atoms with E-state index in [0.717, 1.165) is 24.4 Å². The van der Waals surface area contributed by atoms with Gasteiger partial charge in [0.05, 0.1) is 0 Å². The summed E-state index contributed by atoms with van der Waals surface area (Å²) in [6.07, 6.45) is 4.71. The van der Waals surface area contributed by atoms with E-state index in [9.17, 15) is 8.42 Å². The van der Waals surface area contributed by atoms with E-state index in [0.29, 0.717) is 18.0 Å². The Morgan fingerprint density at radius 1 is 1.45 bits per heavy atom. The number of rotatable bonds is 9. The van der Waals surface area contributed by atoms with E-state index >= 15 is 0 Å². The van der Waals surface area contributed by atoms with Crippen LogP contribution in [0.3, 0.4) is 0 Å². The Bertz CT molecular complexity index is 488. The number of hydrogen-bond donors (Lipinski definition) is 1. The minimum atomic E-state index is -3.38. The van der Waals surface area contributed by atoms with Crippen LogP contribution in [0.25, 0.3) is 0 Å². The lowest BCUT2D eigenvalue weighted by Gasteiger charge is -2.15. The number of sulfonamides is 1. The fourth-order valence-corrected chi connectivity index (χ4v) is 3.77. The van der Waals surface area contributed by atoms with Gasteiger partial charge in [0.25, 0.3) is 0 Å². The zero-order chi connectivity index (χ0) is 15.2. The molecule has 0 unspecified atom stereocenters. The summed E-state index contributed by atoms with van der Waals surface area (Å²) < 4.78 is 28.4. The molecule has 1 heterocycles. The monoisotopic (exact) mass is 319 g/mol. The minimum Gasteiger partial charge on any atom is -0.349 e. The Morgan fingerprint density at radius 3 is 2.70 bits per heavy atom. The van der Waals surface area contributed by atoms with Crippen LogP contribution in [-0.2, 0) is 23.1 Å². The van der Waals surface area contributed by atoms with Crippen LogP contribution in [0.4, 0.5) is 0 Å². The van der Waals surface area contributed by atoms with Gasteiger partial charge in [0.1, 0.15) is 4.90 Å². The van der Waals surface area contributed by atoms with E-state index in [4.69, 9.17) is 0 Å². The molecule has 1 aromatic heterocycles. The van der Waals surface area contributed by atoms with Crippen LogP contribution in [0.5, 0.6) is 0 Å². The Morgan fingerprint density at radius 2 is 2.15 bits per heavy atom. The summed E-state index contributed by atoms with van der Waals surface area (Å²) in [5, 5.41) is 3.08. The van der Waals surface area contributed by atoms with Gasteiger partial charge in [0.15, 0.2) is 0 Å². The molecular weight excluding hydrogens is 294 g/mol. The third-order valence-electron chi connectivity index (χ3n) is 3.10. The second kappa shape index (κ2) is 8.07. The number of aryl methyl sites for hydroxylation is 1. The summed E-state index contributed by atoms with van der Waals surface area (Å²) in [5.41, 5.74) is 1.01. The summed E-state index contributed by atoms with van der Waals surface area (Å²) in [4.78, 5) is 0.389. The normalized spacial score (nSPS) is 12.2. The Kier molecular flexibility index (Phi) is 7.08. The molecule has 0 saturated carbocycles. The number of nitrogens with zero attached hydrogens (tertiary/aromatic N) is 2. The zero-order valence-corrected chi connectivity index (χ0v) is 14.4. The van der Waals surface area contributed by atoms with Gasteiger partial charge in [-0.3, -0.25) is 0 Å². The average Bonchev–Trinajstić information content (AvgIpc) is 2.81. The third-order valence-corrected chi connectivity index (χ3v) is 5.51. The highest BCUT2D eigenvalue weighted by molar-refractivity contribution is 7.98. The summed E-state index contributed by atoms with van der Waals surface area (Å²) in [6, 6.07) is 1.77. The number of thioether (sulfide) groups is 1. The SMILES string of the molecule is CCCn1cc(S(=O)(=O)N(C)CCSC)cc1CNC. The third kappa shape index (κ3) is 4.25. The lowest BCUT2D eigenvalue weighted by atomic mass is 10.4. The molecule has 0 radical (unpaired) electrons. The van der Waals surface area contributed by atoms with Crippen molar-refractivity contribution in [2.45, 2.75) is 31.3 Å². The van der Waals surface area contributed by atoms with Crippen LogP contribution in [0.15, 0.2) is 17.2 Å². The van der Waals surface area contributed by atoms with Gasteiger partial charge in [-0.2, -0.15) is 11.8 Å². The molecule has 0 saturated heterocycles. The van der Waals surface area contributed by atoms with Crippen LogP contribution in [0.2, 0.25) is 0 Å². The predicted octanol–water partition coefficient (Wildman–Crippen LogP) is 1.60. The largest absolute Gasteiger partial charge is 0.349 e. The molecule has 20 heavy (non-hydrogen) atoms. The van der Waals surface area contributed by atoms with Gasteiger partial charge in [0.2, 0.25) is 10.0 Å². The average molecular weight is 319 g/mol. The lowest BCUT2D eigenvalue weighted by molar-refractivity contribution is 0.488. The van der Waals surface area contributed by atoms with E-state index in [1.54, 1.807) is 31.1 Å². The predicted molar refractivity (Wildman–Crippen MR) is 85.7 cm³/mol. The molecule has 0 atom stereocenters. The molecule has 116 valence electrons. The van der Waals surface area contributed by atoms with Crippen molar-refractivity contribution in [3.63, 3.8) is 0 Å². The quantitative estimate of drug-likeness (QED) is 0.751. The molecule has 0 aliphatic heterocycles. The van der Waals surface area contributed by atoms with Gasteiger partial charge in [-0.15, -0.1) is 0 Å². The molecule has 0 spiro atoms. The number of hydrogen-bond acceptors (Lipinski definition) is 4. The van der Waals surface area contributed by atoms with Crippen molar-refractivity contribution in [3.05, 3.63) is 18.0 Å². The van der Waals surface area contributed by atoms with E-state index in [1.807, 2.05) is 17.9 Å². The summed E-state index contributed by atoms with van der Waals surface area (Å²) in [6.45, 7) is 4.12. The van der Waals surface area contributed by atoms with Gasteiger partial charge in [-0.25, -0.2) is 12.7 Å². The molecule has 0 amide bonds. The highest BCUT2D eigenvalue weighted by Gasteiger charge is 2.23. The van der Waals surface area contributed by atoms with Crippen LogP contribution < -0.4 is 5.32 Å². The first-order valence-corrected chi connectivity index (χ1v) is 9.59. The highest BCUT2D eigenvalue weighted by atomic mass is 32.2. The van der Waals surface area contributed by atoms with Gasteiger partial charge in [-0.05, 0) is 25.8 Å². The van der Waals surface area contributed by atoms with E-state index in [1.165, 1.54) is 4.31 Å². The molecule has 1 aromatic rings. The van der Waals surface area contributed by atoms with Crippen molar-refractivity contribution in [1.82, 2.24) is 14.2 Å². The van der Waals surface area contributed by atoms with Crippen molar-refractivity contribution < 1.29 is 8.42 Å². The Hall–Kier alpha value is -0.500. The zero-order valence-electron chi connectivity index (χ0n) is 12.7. The Balaban J connectivity index is 3.02. The van der Waals surface area contributed by atoms with Crippen LogP contribution >= 0.6 is 11.8 Å². The number of aromatic nitrogens is 1. The van der Waals surface area contributed by atoms with E-state index < -0.39 is 10.0 Å². The number of nitrogens with one attached hydrogen (secondary N) is 1. The summed E-state index contributed by atoms with van der Waals surface area (Å²) in [5.74, 6) is 0.800. The van der Waals surface area contributed by atoms with E-state index in [2.05, 4.69) is 12.2 Å². The molecule has 7 heteroatoms. The smallest absolute Gasteiger partial charge is 0.244 e. The van der Waals surface area contributed by atoms with Crippen molar-refractivity contribution >= 4 is 21.8 Å². The second-order valence-corrected chi connectivity index (χ2v) is 7.74. The van der Waals surface area contributed by atoms with Gasteiger partial charge in [-0.1, -0.05) is 6.92 Å². The molecule has 0 fully saturated rings. The molecule has 0 bridgehead atoms. The van der Waals surface area contributed by atoms with Gasteiger partial charge in [0, 0.05) is 44.3 Å². The lowest BCUT2D eigenvalue weighted by Crippen LogP contribution is -2.28. The standard InChI is InChI=1S/C13H25N3O2S2/c1-5-6-16-11-13(9-12(16)10-14-2)20(17,18)15(3)7-8-19-4/h9,11,14H,5-8,10H2,1-4H3. The van der Waals surface area contributed by atoms with Crippen LogP contribution in [0, 0.1) is 0 Å². The first-order chi connectivity index (χ1) is 9.47. The summed E-state index contributed by atoms with van der Waals surface area (Å²) >= 11 is 1.64. The second-order valence-electron chi connectivity index (χ2n) is 4.71. The molecule has 1 N–H and O–H groups in total. The first kappa shape index (κ1) is 17.6. The van der Waals surface area contributed by atoms with Crippen LogP contribution in [-0.4, -0.2) is 49.9 Å². The molecule has 0 aromatic carbocycles. The van der Waals surface area contributed by atoms with Crippen molar-refractivity contribution in [1.29, 1.82) is 0 Å². The fourth-order valence-electron chi connectivity index (χ4n) is 1.96. The highest BCUT2D eigenvalue weighted by Crippen LogP contribution is 2.19. The molecule has 5 nitrogen and oxygen atoms in total. The fraction of sp³-hybridized carbons (Fsp3) is 0.692. The first-order valence-electron chi connectivity index (χ1n) is 6.76. The van der Waals surface area contributed by atoms with Crippen molar-refractivity contribution in [3.8, 4) is 0 Å². The maximum absolute atomic E-state index is 12.5. The molecule has 0 aliphatic rings. The van der Waals surface area contributed by atoms with Crippen LogP contribution in [0.1, 0.15) is 19.0 Å². The maximum Gasteiger partial charge on any atom is 0.244 e. The molecule has 0 aliphatic carbocycles. The minimum absolute atomic E-state index is 0.389.